The molecule has 4 nitrogen and oxygen atoms in total. The number of carbonyl (C=O) groups is 1. The second-order valence-electron chi connectivity index (χ2n) is 7.43. The number of likely N-dealkylation sites (tertiary alicyclic amines) is 1. The van der Waals surface area contributed by atoms with Gasteiger partial charge in [0.15, 0.2) is 0 Å². The SMILES string of the molecule is Cc1cc(C(=O)N2CC[C@@H]3CNC[C@@H]3CC2)c(C)n1C1CC1.Cl. The van der Waals surface area contributed by atoms with Gasteiger partial charge in [-0.05, 0) is 70.5 Å². The Morgan fingerprint density at radius 1 is 1.09 bits per heavy atom. The molecule has 0 aromatic carbocycles. The van der Waals surface area contributed by atoms with E-state index in [0.29, 0.717) is 6.04 Å². The van der Waals surface area contributed by atoms with Gasteiger partial charge >= 0.3 is 0 Å². The Bertz CT molecular complexity index is 579. The maximum Gasteiger partial charge on any atom is 0.255 e. The summed E-state index contributed by atoms with van der Waals surface area (Å²) in [5.74, 6) is 1.81. The van der Waals surface area contributed by atoms with Gasteiger partial charge in [0.1, 0.15) is 0 Å². The third kappa shape index (κ3) is 3.03. The van der Waals surface area contributed by atoms with Gasteiger partial charge in [-0.25, -0.2) is 0 Å². The van der Waals surface area contributed by atoms with Crippen LogP contribution in [0.25, 0.3) is 0 Å². The predicted molar refractivity (Wildman–Crippen MR) is 94.4 cm³/mol. The van der Waals surface area contributed by atoms with Gasteiger partial charge in [-0.3, -0.25) is 4.79 Å². The molecule has 23 heavy (non-hydrogen) atoms. The third-order valence-corrected chi connectivity index (χ3v) is 5.93. The molecule has 3 fully saturated rings. The van der Waals surface area contributed by atoms with Crippen LogP contribution in [0.5, 0.6) is 0 Å². The Labute approximate surface area is 145 Å². The molecule has 0 radical (unpaired) electrons. The lowest BCUT2D eigenvalue weighted by atomic mass is 9.92. The van der Waals surface area contributed by atoms with E-state index >= 15 is 0 Å². The Balaban J connectivity index is 0.00000156. The van der Waals surface area contributed by atoms with Gasteiger partial charge in [0.2, 0.25) is 0 Å². The van der Waals surface area contributed by atoms with E-state index in [2.05, 4.69) is 34.7 Å². The number of nitrogens with one attached hydrogen (secondary N) is 1. The molecule has 5 heteroatoms. The van der Waals surface area contributed by atoms with E-state index in [4.69, 9.17) is 0 Å². The maximum atomic E-state index is 13.0. The Morgan fingerprint density at radius 2 is 1.70 bits per heavy atom. The van der Waals surface area contributed by atoms with Crippen LogP contribution < -0.4 is 5.32 Å². The van der Waals surface area contributed by atoms with Gasteiger partial charge in [-0.2, -0.15) is 0 Å². The molecule has 0 bridgehead atoms. The quantitative estimate of drug-likeness (QED) is 0.901. The first-order valence-electron chi connectivity index (χ1n) is 8.83. The molecule has 3 aliphatic rings. The minimum atomic E-state index is 0. The van der Waals surface area contributed by atoms with Crippen molar-refractivity contribution >= 4 is 18.3 Å². The lowest BCUT2D eigenvalue weighted by Gasteiger charge is -2.21. The number of rotatable bonds is 2. The normalized spacial score (nSPS) is 27.3. The highest BCUT2D eigenvalue weighted by molar-refractivity contribution is 5.95. The predicted octanol–water partition coefficient (Wildman–Crippen LogP) is 2.93. The van der Waals surface area contributed by atoms with Gasteiger partial charge in [0.05, 0.1) is 5.56 Å². The van der Waals surface area contributed by atoms with Crippen molar-refractivity contribution in [3.8, 4) is 0 Å². The van der Waals surface area contributed by atoms with Crippen LogP contribution in [0.3, 0.4) is 0 Å². The second-order valence-corrected chi connectivity index (χ2v) is 7.43. The number of nitrogens with zero attached hydrogens (tertiary/aromatic N) is 2. The van der Waals surface area contributed by atoms with Crippen molar-refractivity contribution < 1.29 is 4.79 Å². The second kappa shape index (κ2) is 6.48. The lowest BCUT2D eigenvalue weighted by Crippen LogP contribution is -2.33. The van der Waals surface area contributed by atoms with Crippen molar-refractivity contribution in [2.75, 3.05) is 26.2 Å². The number of carbonyl (C=O) groups excluding carboxylic acids is 1. The number of aryl methyl sites for hydroxylation is 1. The van der Waals surface area contributed by atoms with Gasteiger partial charge in [-0.15, -0.1) is 12.4 Å². The molecule has 1 amide bonds. The molecule has 2 aliphatic heterocycles. The molecule has 4 rings (SSSR count). The van der Waals surface area contributed by atoms with Crippen LogP contribution in [0, 0.1) is 25.7 Å². The highest BCUT2D eigenvalue weighted by Gasteiger charge is 2.33. The summed E-state index contributed by atoms with van der Waals surface area (Å²) in [6.45, 7) is 8.39. The van der Waals surface area contributed by atoms with Crippen LogP contribution in [0.1, 0.15) is 53.5 Å². The molecule has 3 heterocycles. The average Bonchev–Trinajstić information content (AvgIpc) is 3.21. The Kier molecular flexibility index (Phi) is 4.75. The highest BCUT2D eigenvalue weighted by atomic mass is 35.5. The van der Waals surface area contributed by atoms with Crippen molar-refractivity contribution in [1.82, 2.24) is 14.8 Å². The van der Waals surface area contributed by atoms with Crippen molar-refractivity contribution in [3.63, 3.8) is 0 Å². The molecular formula is C18H28ClN3O. The molecule has 1 aromatic rings. The minimum absolute atomic E-state index is 0. The van der Waals surface area contributed by atoms with Crippen molar-refractivity contribution in [1.29, 1.82) is 0 Å². The smallest absolute Gasteiger partial charge is 0.255 e. The largest absolute Gasteiger partial charge is 0.345 e. The van der Waals surface area contributed by atoms with E-state index < -0.39 is 0 Å². The lowest BCUT2D eigenvalue weighted by molar-refractivity contribution is 0.0757. The molecular weight excluding hydrogens is 310 g/mol. The molecule has 1 aliphatic carbocycles. The van der Waals surface area contributed by atoms with Crippen LogP contribution >= 0.6 is 12.4 Å². The van der Waals surface area contributed by atoms with Gasteiger partial charge < -0.3 is 14.8 Å². The summed E-state index contributed by atoms with van der Waals surface area (Å²) in [5, 5.41) is 3.50. The summed E-state index contributed by atoms with van der Waals surface area (Å²) in [7, 11) is 0. The summed E-state index contributed by atoms with van der Waals surface area (Å²) < 4.78 is 2.38. The first-order chi connectivity index (χ1) is 10.6. The van der Waals surface area contributed by atoms with Crippen molar-refractivity contribution in [2.45, 2.75) is 45.6 Å². The molecule has 2 atom stereocenters. The fourth-order valence-corrected chi connectivity index (χ4v) is 4.48. The van der Waals surface area contributed by atoms with Gasteiger partial charge in [-0.1, -0.05) is 0 Å². The summed E-state index contributed by atoms with van der Waals surface area (Å²) in [6, 6.07) is 2.76. The summed E-state index contributed by atoms with van der Waals surface area (Å²) in [6.07, 6.45) is 4.85. The monoisotopic (exact) mass is 337 g/mol. The van der Waals surface area contributed by atoms with Crippen molar-refractivity contribution in [3.05, 3.63) is 23.0 Å². The molecule has 2 saturated heterocycles. The van der Waals surface area contributed by atoms with E-state index in [1.54, 1.807) is 0 Å². The zero-order valence-corrected chi connectivity index (χ0v) is 15.0. The van der Waals surface area contributed by atoms with E-state index in [9.17, 15) is 4.79 Å². The topological polar surface area (TPSA) is 37.3 Å². The average molecular weight is 338 g/mol. The zero-order valence-electron chi connectivity index (χ0n) is 14.2. The molecule has 1 aromatic heterocycles. The number of halogens is 1. The number of hydrogen-bond donors (Lipinski definition) is 1. The van der Waals surface area contributed by atoms with E-state index in [-0.39, 0.29) is 18.3 Å². The fraction of sp³-hybridized carbons (Fsp3) is 0.722. The Morgan fingerprint density at radius 3 is 2.26 bits per heavy atom. The standard InChI is InChI=1S/C18H27N3O.ClH/c1-12-9-17(13(2)21(12)16-3-4-16)18(22)20-7-5-14-10-19-11-15(14)6-8-20;/h9,14-16,19H,3-8,10-11H2,1-2H3;1H/t14-,15+;. The van der Waals surface area contributed by atoms with Crippen LogP contribution in [0.2, 0.25) is 0 Å². The molecule has 1 saturated carbocycles. The van der Waals surface area contributed by atoms with Crippen LogP contribution in [-0.2, 0) is 0 Å². The van der Waals surface area contributed by atoms with Gasteiger partial charge in [0, 0.05) is 30.5 Å². The Hall–Kier alpha value is -1.000. The zero-order chi connectivity index (χ0) is 15.3. The summed E-state index contributed by atoms with van der Waals surface area (Å²) in [4.78, 5) is 15.1. The summed E-state index contributed by atoms with van der Waals surface area (Å²) >= 11 is 0. The van der Waals surface area contributed by atoms with E-state index in [1.807, 2.05) is 0 Å². The van der Waals surface area contributed by atoms with Crippen LogP contribution in [-0.4, -0.2) is 41.6 Å². The van der Waals surface area contributed by atoms with Crippen LogP contribution in [0.15, 0.2) is 6.07 Å². The minimum Gasteiger partial charge on any atom is -0.345 e. The molecule has 128 valence electrons. The molecule has 0 spiro atoms. The number of hydrogen-bond acceptors (Lipinski definition) is 2. The summed E-state index contributed by atoms with van der Waals surface area (Å²) in [5.41, 5.74) is 3.37. The third-order valence-electron chi connectivity index (χ3n) is 5.93. The first-order valence-corrected chi connectivity index (χ1v) is 8.83. The number of amides is 1. The molecule has 1 N–H and O–H groups in total. The first kappa shape index (κ1) is 16.8. The number of fused-ring (bicyclic) bond motifs is 1. The molecule has 0 unspecified atom stereocenters. The van der Waals surface area contributed by atoms with E-state index in [0.717, 1.165) is 56.4 Å². The highest BCUT2D eigenvalue weighted by Crippen LogP contribution is 2.38. The number of aromatic nitrogens is 1. The fourth-order valence-electron chi connectivity index (χ4n) is 4.48. The van der Waals surface area contributed by atoms with E-state index in [1.165, 1.54) is 24.2 Å². The van der Waals surface area contributed by atoms with Crippen LogP contribution in [0.4, 0.5) is 0 Å². The van der Waals surface area contributed by atoms with Gasteiger partial charge in [0.25, 0.3) is 5.91 Å². The van der Waals surface area contributed by atoms with Crippen molar-refractivity contribution in [2.24, 2.45) is 11.8 Å². The maximum absolute atomic E-state index is 13.0.